The molecule has 2 aromatic rings. The highest BCUT2D eigenvalue weighted by atomic mass is 16.7. The Balaban J connectivity index is 1.59. The maximum Gasteiger partial charge on any atom is 0.231 e. The predicted octanol–water partition coefficient (Wildman–Crippen LogP) is 4.41. The molecule has 4 rings (SSSR count). The van der Waals surface area contributed by atoms with E-state index in [0.717, 1.165) is 43.6 Å². The van der Waals surface area contributed by atoms with Crippen molar-refractivity contribution in [1.29, 1.82) is 0 Å². The minimum Gasteiger partial charge on any atom is -0.454 e. The minimum atomic E-state index is 0.278. The van der Waals surface area contributed by atoms with Gasteiger partial charge < -0.3 is 14.3 Å². The summed E-state index contributed by atoms with van der Waals surface area (Å²) in [6, 6.07) is 13.4. The largest absolute Gasteiger partial charge is 0.454 e. The van der Waals surface area contributed by atoms with Crippen molar-refractivity contribution >= 4 is 6.29 Å². The van der Waals surface area contributed by atoms with Crippen molar-refractivity contribution in [2.45, 2.75) is 45.1 Å². The molecule has 142 valence electrons. The molecule has 0 amide bonds. The van der Waals surface area contributed by atoms with E-state index in [1.807, 2.05) is 6.07 Å². The van der Waals surface area contributed by atoms with Crippen molar-refractivity contribution in [2.75, 3.05) is 19.9 Å². The average molecular weight is 365 g/mol. The zero-order chi connectivity index (χ0) is 18.8. The van der Waals surface area contributed by atoms with Crippen LogP contribution in [0.3, 0.4) is 0 Å². The van der Waals surface area contributed by atoms with Crippen LogP contribution in [0.25, 0.3) is 0 Å². The van der Waals surface area contributed by atoms with Crippen LogP contribution in [0.2, 0.25) is 0 Å². The van der Waals surface area contributed by atoms with E-state index in [-0.39, 0.29) is 6.04 Å². The number of carbonyl (C=O) groups excluding carboxylic acids is 1. The van der Waals surface area contributed by atoms with Crippen LogP contribution in [-0.4, -0.2) is 31.1 Å². The summed E-state index contributed by atoms with van der Waals surface area (Å²) in [6.07, 6.45) is 4.31. The molecule has 0 unspecified atom stereocenters. The number of aldehydes is 1. The molecule has 2 aliphatic heterocycles. The zero-order valence-electron chi connectivity index (χ0n) is 16.1. The van der Waals surface area contributed by atoms with Crippen molar-refractivity contribution in [1.82, 2.24) is 4.90 Å². The number of likely N-dealkylation sites (tertiary alicyclic amines) is 1. The van der Waals surface area contributed by atoms with Crippen molar-refractivity contribution < 1.29 is 14.3 Å². The molecule has 1 fully saturated rings. The summed E-state index contributed by atoms with van der Waals surface area (Å²) in [5, 5.41) is 0. The van der Waals surface area contributed by atoms with E-state index in [0.29, 0.717) is 19.3 Å². The summed E-state index contributed by atoms with van der Waals surface area (Å²) in [6.45, 7) is 5.98. The molecule has 0 aromatic heterocycles. The van der Waals surface area contributed by atoms with Crippen molar-refractivity contribution in [3.8, 4) is 11.5 Å². The van der Waals surface area contributed by atoms with Gasteiger partial charge >= 0.3 is 0 Å². The lowest BCUT2D eigenvalue weighted by atomic mass is 9.90. The first-order valence-corrected chi connectivity index (χ1v) is 9.87. The number of hydrogen-bond acceptors (Lipinski definition) is 4. The SMILES string of the molecule is CCCc1ccc([C@H]2C[C@@H](c3ccc4c(c3C)OCO4)CN2CC=O)cc1. The monoisotopic (exact) mass is 365 g/mol. The van der Waals surface area contributed by atoms with Crippen molar-refractivity contribution in [3.05, 3.63) is 58.7 Å². The van der Waals surface area contributed by atoms with Crippen molar-refractivity contribution in [2.24, 2.45) is 0 Å². The third-order valence-electron chi connectivity index (χ3n) is 5.88. The Kier molecular flexibility index (Phi) is 5.17. The number of nitrogens with zero attached hydrogens (tertiary/aromatic N) is 1. The summed E-state index contributed by atoms with van der Waals surface area (Å²) in [5.74, 6) is 2.10. The predicted molar refractivity (Wildman–Crippen MR) is 105 cm³/mol. The lowest BCUT2D eigenvalue weighted by Gasteiger charge is -2.22. The first-order chi connectivity index (χ1) is 13.2. The zero-order valence-corrected chi connectivity index (χ0v) is 16.1. The Labute approximate surface area is 161 Å². The van der Waals surface area contributed by atoms with Gasteiger partial charge in [-0.3, -0.25) is 4.90 Å². The number of hydrogen-bond donors (Lipinski definition) is 0. The Morgan fingerprint density at radius 1 is 1.15 bits per heavy atom. The van der Waals surface area contributed by atoms with Gasteiger partial charge in [-0.15, -0.1) is 0 Å². The maximum atomic E-state index is 11.3. The van der Waals surface area contributed by atoms with Gasteiger partial charge in [0.2, 0.25) is 6.79 Å². The Hall–Kier alpha value is -2.33. The smallest absolute Gasteiger partial charge is 0.231 e. The average Bonchev–Trinajstić information content (AvgIpc) is 3.31. The van der Waals surface area contributed by atoms with Crippen LogP contribution < -0.4 is 9.47 Å². The molecular weight excluding hydrogens is 338 g/mol. The molecule has 0 aliphatic carbocycles. The van der Waals surface area contributed by atoms with Crippen LogP contribution in [0, 0.1) is 6.92 Å². The Bertz CT molecular complexity index is 815. The minimum absolute atomic E-state index is 0.278. The van der Waals surface area contributed by atoms with Crippen LogP contribution in [0.1, 0.15) is 54.0 Å². The highest BCUT2D eigenvalue weighted by Crippen LogP contribution is 2.45. The molecule has 2 aromatic carbocycles. The molecule has 2 atom stereocenters. The summed E-state index contributed by atoms with van der Waals surface area (Å²) in [5.41, 5.74) is 5.15. The van der Waals surface area contributed by atoms with E-state index in [1.165, 1.54) is 22.3 Å². The lowest BCUT2D eigenvalue weighted by Crippen LogP contribution is -2.25. The van der Waals surface area contributed by atoms with Gasteiger partial charge in [-0.05, 0) is 54.0 Å². The van der Waals surface area contributed by atoms with Crippen LogP contribution in [-0.2, 0) is 11.2 Å². The molecule has 0 N–H and O–H groups in total. The Morgan fingerprint density at radius 3 is 2.70 bits per heavy atom. The fourth-order valence-corrected chi connectivity index (χ4v) is 4.54. The van der Waals surface area contributed by atoms with Gasteiger partial charge in [0, 0.05) is 12.6 Å². The normalized spacial score (nSPS) is 21.6. The highest BCUT2D eigenvalue weighted by Gasteiger charge is 2.35. The number of benzene rings is 2. The second-order valence-corrected chi connectivity index (χ2v) is 7.57. The van der Waals surface area contributed by atoms with Crippen LogP contribution in [0.4, 0.5) is 0 Å². The van der Waals surface area contributed by atoms with E-state index in [1.54, 1.807) is 0 Å². The van der Waals surface area contributed by atoms with Gasteiger partial charge in [0.15, 0.2) is 11.5 Å². The number of aryl methyl sites for hydroxylation is 1. The van der Waals surface area contributed by atoms with E-state index < -0.39 is 0 Å². The van der Waals surface area contributed by atoms with E-state index >= 15 is 0 Å². The standard InChI is InChI=1S/C23H27NO3/c1-3-4-17-5-7-18(8-6-17)21-13-19(14-24(21)11-12-25)20-9-10-22-23(16(20)2)27-15-26-22/h5-10,12,19,21H,3-4,11,13-15H2,1-2H3/t19-,21-/m1/s1. The van der Waals surface area contributed by atoms with Gasteiger partial charge in [0.05, 0.1) is 6.54 Å². The van der Waals surface area contributed by atoms with Gasteiger partial charge in [-0.2, -0.15) is 0 Å². The van der Waals surface area contributed by atoms with E-state index in [4.69, 9.17) is 9.47 Å². The number of carbonyl (C=O) groups is 1. The van der Waals surface area contributed by atoms with E-state index in [9.17, 15) is 4.79 Å². The topological polar surface area (TPSA) is 38.8 Å². The first kappa shape index (κ1) is 18.1. The first-order valence-electron chi connectivity index (χ1n) is 9.87. The highest BCUT2D eigenvalue weighted by molar-refractivity contribution is 5.54. The maximum absolute atomic E-state index is 11.3. The third-order valence-corrected chi connectivity index (χ3v) is 5.88. The molecule has 1 saturated heterocycles. The molecule has 27 heavy (non-hydrogen) atoms. The van der Waals surface area contributed by atoms with Crippen LogP contribution >= 0.6 is 0 Å². The summed E-state index contributed by atoms with van der Waals surface area (Å²) in [4.78, 5) is 13.6. The fraction of sp³-hybridized carbons (Fsp3) is 0.435. The van der Waals surface area contributed by atoms with Crippen LogP contribution in [0.15, 0.2) is 36.4 Å². The van der Waals surface area contributed by atoms with Crippen LogP contribution in [0.5, 0.6) is 11.5 Å². The molecular formula is C23H27NO3. The number of rotatable bonds is 6. The number of fused-ring (bicyclic) bond motifs is 1. The fourth-order valence-electron chi connectivity index (χ4n) is 4.54. The summed E-state index contributed by atoms with van der Waals surface area (Å²) in [7, 11) is 0. The lowest BCUT2D eigenvalue weighted by molar-refractivity contribution is -0.109. The second-order valence-electron chi connectivity index (χ2n) is 7.57. The molecule has 0 saturated carbocycles. The van der Waals surface area contributed by atoms with Gasteiger partial charge in [-0.25, -0.2) is 0 Å². The third kappa shape index (κ3) is 3.46. The van der Waals surface area contributed by atoms with Crippen molar-refractivity contribution in [3.63, 3.8) is 0 Å². The Morgan fingerprint density at radius 2 is 1.96 bits per heavy atom. The van der Waals surface area contributed by atoms with Gasteiger partial charge in [0.25, 0.3) is 0 Å². The molecule has 0 bridgehead atoms. The molecule has 2 aliphatic rings. The number of ether oxygens (including phenoxy) is 2. The molecule has 4 nitrogen and oxygen atoms in total. The molecule has 4 heteroatoms. The molecule has 0 spiro atoms. The molecule has 0 radical (unpaired) electrons. The quantitative estimate of drug-likeness (QED) is 0.711. The molecule has 2 heterocycles. The second kappa shape index (κ2) is 7.73. The summed E-state index contributed by atoms with van der Waals surface area (Å²) < 4.78 is 11.2. The van der Waals surface area contributed by atoms with E-state index in [2.05, 4.69) is 49.1 Å². The summed E-state index contributed by atoms with van der Waals surface area (Å²) >= 11 is 0. The van der Waals surface area contributed by atoms with Gasteiger partial charge in [0.1, 0.15) is 6.29 Å². The van der Waals surface area contributed by atoms with Gasteiger partial charge in [-0.1, -0.05) is 43.7 Å².